The lowest BCUT2D eigenvalue weighted by Crippen LogP contribution is -2.01. The van der Waals surface area contributed by atoms with Crippen molar-refractivity contribution in [1.29, 1.82) is 0 Å². The summed E-state index contributed by atoms with van der Waals surface area (Å²) >= 11 is 0. The molecule has 0 bridgehead atoms. The summed E-state index contributed by atoms with van der Waals surface area (Å²) in [6.45, 7) is 8.77. The molecule has 3 heteroatoms. The van der Waals surface area contributed by atoms with Crippen molar-refractivity contribution in [1.82, 2.24) is 9.55 Å². The molecule has 1 aromatic heterocycles. The highest BCUT2D eigenvalue weighted by atomic mass is 15.1. The minimum absolute atomic E-state index is 0.0154. The molecule has 1 heterocycles. The smallest absolute Gasteiger partial charge is 0.190 e. The van der Waals surface area contributed by atoms with Gasteiger partial charge in [-0.05, 0) is 43.5 Å². The second kappa shape index (κ2) is 5.50. The molecule has 22 heavy (non-hydrogen) atoms. The summed E-state index contributed by atoms with van der Waals surface area (Å²) in [5.74, 6) is 0.337. The van der Waals surface area contributed by atoms with Crippen LogP contribution >= 0.6 is 0 Å². The van der Waals surface area contributed by atoms with Gasteiger partial charge < -0.3 is 0 Å². The minimum atomic E-state index is -2.39. The van der Waals surface area contributed by atoms with Crippen LogP contribution in [0.4, 0.5) is 5.69 Å². The lowest BCUT2D eigenvalue weighted by atomic mass is 10.1. The maximum atomic E-state index is 8.30. The van der Waals surface area contributed by atoms with Crippen molar-refractivity contribution in [2.45, 2.75) is 20.7 Å². The first-order valence-corrected chi connectivity index (χ1v) is 6.80. The third kappa shape index (κ3) is 2.29. The standard InChI is InChI=1S/C19H17N3/c1-13-8-9-16(12-17(13)20-4)19-21-10-11-22(19)18-14(2)6-5-7-15(18)3/h5-12H,1-3H3/i1D3,10D,11D. The Morgan fingerprint density at radius 2 is 1.95 bits per heavy atom. The normalized spacial score (nSPS) is 14.3. The zero-order valence-corrected chi connectivity index (χ0v) is 12.3. The highest BCUT2D eigenvalue weighted by Gasteiger charge is 2.12. The molecule has 0 atom stereocenters. The molecule has 3 nitrogen and oxygen atoms in total. The molecule has 0 saturated carbocycles. The Bertz CT molecular complexity index is 1050. The van der Waals surface area contributed by atoms with Crippen molar-refractivity contribution in [2.75, 3.05) is 0 Å². The van der Waals surface area contributed by atoms with E-state index >= 15 is 0 Å². The van der Waals surface area contributed by atoms with Crippen molar-refractivity contribution >= 4 is 5.69 Å². The Labute approximate surface area is 137 Å². The van der Waals surface area contributed by atoms with Gasteiger partial charge in [-0.15, -0.1) is 0 Å². The van der Waals surface area contributed by atoms with Crippen LogP contribution in [0.15, 0.2) is 48.7 Å². The third-order valence-corrected chi connectivity index (χ3v) is 3.57. The molecular formula is C19H17N3. The molecular weight excluding hydrogens is 270 g/mol. The van der Waals surface area contributed by atoms with Gasteiger partial charge in [-0.25, -0.2) is 9.83 Å². The van der Waals surface area contributed by atoms with Crippen LogP contribution in [0.25, 0.3) is 21.9 Å². The van der Waals surface area contributed by atoms with E-state index < -0.39 is 6.85 Å². The quantitative estimate of drug-likeness (QED) is 0.608. The summed E-state index contributed by atoms with van der Waals surface area (Å²) in [6.07, 6.45) is -0.247. The van der Waals surface area contributed by atoms with E-state index in [0.717, 1.165) is 16.8 Å². The van der Waals surface area contributed by atoms with E-state index in [2.05, 4.69) is 9.83 Å². The number of rotatable bonds is 2. The molecule has 0 aliphatic heterocycles. The van der Waals surface area contributed by atoms with Crippen molar-refractivity contribution < 1.29 is 6.85 Å². The molecule has 0 N–H and O–H groups in total. The summed E-state index contributed by atoms with van der Waals surface area (Å²) in [5.41, 5.74) is 3.08. The van der Waals surface area contributed by atoms with E-state index in [1.807, 2.05) is 32.0 Å². The molecule has 0 aliphatic rings. The molecule has 0 saturated heterocycles. The molecule has 108 valence electrons. The van der Waals surface area contributed by atoms with Crippen LogP contribution in [0.3, 0.4) is 0 Å². The van der Waals surface area contributed by atoms with E-state index in [4.69, 9.17) is 13.4 Å². The van der Waals surface area contributed by atoms with Crippen molar-refractivity contribution in [3.63, 3.8) is 0 Å². The minimum Gasteiger partial charge on any atom is -0.299 e. The van der Waals surface area contributed by atoms with Crippen LogP contribution in [0, 0.1) is 27.3 Å². The van der Waals surface area contributed by atoms with Gasteiger partial charge in [0.1, 0.15) is 5.82 Å². The van der Waals surface area contributed by atoms with E-state index in [1.165, 1.54) is 12.1 Å². The van der Waals surface area contributed by atoms with Crippen LogP contribution in [0.5, 0.6) is 0 Å². The third-order valence-electron chi connectivity index (χ3n) is 3.57. The lowest BCUT2D eigenvalue weighted by Gasteiger charge is -2.14. The van der Waals surface area contributed by atoms with Gasteiger partial charge in [0.25, 0.3) is 0 Å². The number of hydrogen-bond acceptors (Lipinski definition) is 1. The molecule has 0 fully saturated rings. The SMILES string of the molecule is [2H]c1nc(-c2ccc(C([2H])([2H])[2H])c([N+]#[C-])c2)n(-c2c(C)cccc2C)c1[2H]. The average Bonchev–Trinajstić information content (AvgIpc) is 2.89. The number of imidazole rings is 1. The second-order valence-electron chi connectivity index (χ2n) is 5.08. The fourth-order valence-corrected chi connectivity index (χ4v) is 2.51. The summed E-state index contributed by atoms with van der Waals surface area (Å²) in [6, 6.07) is 10.2. The van der Waals surface area contributed by atoms with Crippen LogP contribution in [0.1, 0.15) is 23.5 Å². The van der Waals surface area contributed by atoms with Gasteiger partial charge in [-0.1, -0.05) is 30.3 Å². The summed E-state index contributed by atoms with van der Waals surface area (Å²) < 4.78 is 40.6. The first-order valence-electron chi connectivity index (χ1n) is 9.30. The zero-order valence-electron chi connectivity index (χ0n) is 17.3. The van der Waals surface area contributed by atoms with Gasteiger partial charge in [0.2, 0.25) is 0 Å². The Morgan fingerprint density at radius 1 is 1.18 bits per heavy atom. The van der Waals surface area contributed by atoms with Gasteiger partial charge in [0, 0.05) is 22.0 Å². The molecule has 3 aromatic rings. The average molecular weight is 292 g/mol. The van der Waals surface area contributed by atoms with E-state index in [1.54, 1.807) is 10.6 Å². The van der Waals surface area contributed by atoms with E-state index in [-0.39, 0.29) is 23.6 Å². The fourth-order valence-electron chi connectivity index (χ4n) is 2.51. The van der Waals surface area contributed by atoms with Crippen molar-refractivity contribution in [3.8, 4) is 17.1 Å². The molecule has 2 aromatic carbocycles. The Kier molecular flexibility index (Phi) is 2.30. The summed E-state index contributed by atoms with van der Waals surface area (Å²) in [4.78, 5) is 7.55. The van der Waals surface area contributed by atoms with Gasteiger partial charge >= 0.3 is 0 Å². The maximum absolute atomic E-state index is 8.30. The highest BCUT2D eigenvalue weighted by Crippen LogP contribution is 2.29. The molecule has 0 amide bonds. The van der Waals surface area contributed by atoms with E-state index in [0.29, 0.717) is 11.4 Å². The number of hydrogen-bond donors (Lipinski definition) is 0. The Hall–Kier alpha value is -2.86. The van der Waals surface area contributed by atoms with Crippen molar-refractivity contribution in [2.24, 2.45) is 0 Å². The van der Waals surface area contributed by atoms with Gasteiger partial charge in [0.15, 0.2) is 5.69 Å². The van der Waals surface area contributed by atoms with Crippen molar-refractivity contribution in [3.05, 3.63) is 76.9 Å². The number of nitrogens with zero attached hydrogens (tertiary/aromatic N) is 3. The Morgan fingerprint density at radius 3 is 2.64 bits per heavy atom. The van der Waals surface area contributed by atoms with Gasteiger partial charge in [0.05, 0.1) is 15.0 Å². The van der Waals surface area contributed by atoms with Crippen LogP contribution in [0.2, 0.25) is 0 Å². The first-order chi connectivity index (χ1) is 12.6. The van der Waals surface area contributed by atoms with Crippen LogP contribution < -0.4 is 0 Å². The second-order valence-corrected chi connectivity index (χ2v) is 5.08. The molecule has 0 radical (unpaired) electrons. The van der Waals surface area contributed by atoms with Gasteiger partial charge in [-0.3, -0.25) is 4.57 Å². The first kappa shape index (κ1) is 9.22. The van der Waals surface area contributed by atoms with E-state index in [9.17, 15) is 0 Å². The van der Waals surface area contributed by atoms with Crippen LogP contribution in [-0.2, 0) is 0 Å². The summed E-state index contributed by atoms with van der Waals surface area (Å²) in [5, 5.41) is 0. The number of para-hydroxylation sites is 1. The molecule has 0 unspecified atom stereocenters. The lowest BCUT2D eigenvalue weighted by molar-refractivity contribution is 1.03. The predicted octanol–water partition coefficient (Wildman–Crippen LogP) is 5.02. The molecule has 0 spiro atoms. The summed E-state index contributed by atoms with van der Waals surface area (Å²) in [7, 11) is 0. The highest BCUT2D eigenvalue weighted by molar-refractivity contribution is 5.68. The topological polar surface area (TPSA) is 22.2 Å². The zero-order chi connectivity index (χ0) is 19.9. The monoisotopic (exact) mass is 292 g/mol. The fraction of sp³-hybridized carbons (Fsp3) is 0.158. The maximum Gasteiger partial charge on any atom is 0.190 e. The van der Waals surface area contributed by atoms with Crippen LogP contribution in [-0.4, -0.2) is 9.55 Å². The number of aromatic nitrogens is 2. The van der Waals surface area contributed by atoms with Gasteiger partial charge in [-0.2, -0.15) is 0 Å². The largest absolute Gasteiger partial charge is 0.299 e. The number of benzene rings is 2. The Balaban J connectivity index is 2.29. The predicted molar refractivity (Wildman–Crippen MR) is 89.5 cm³/mol. The number of aryl methyl sites for hydroxylation is 3. The molecule has 3 rings (SSSR count). The molecule has 0 aliphatic carbocycles.